The summed E-state index contributed by atoms with van der Waals surface area (Å²) in [6, 6.07) is 64.2. The van der Waals surface area contributed by atoms with E-state index in [4.69, 9.17) is 14.7 Å². The predicted octanol–water partition coefficient (Wildman–Crippen LogP) is 14.1. The van der Waals surface area contributed by atoms with Crippen LogP contribution in [0.25, 0.3) is 98.2 Å². The van der Waals surface area contributed by atoms with Crippen LogP contribution in [0.5, 0.6) is 11.5 Å². The van der Waals surface area contributed by atoms with Crippen LogP contribution >= 0.6 is 11.3 Å². The van der Waals surface area contributed by atoms with Gasteiger partial charge >= 0.3 is 0 Å². The highest BCUT2D eigenvalue weighted by Crippen LogP contribution is 2.50. The smallest absolute Gasteiger partial charge is 0.160 e. The zero-order valence-electron chi connectivity index (χ0n) is 29.0. The number of fused-ring (bicyclic) bond motifs is 5. The standard InChI is InChI=1S/C50H30N2OS/c1-3-12-31(13-4-1)36-16-7-8-17-37(36)35-26-27-39-41-20-11-19-40-38(28-29-43(46(40)41)53-44(39)30-35)32-22-24-34(25-23-32)50-51-47(33-14-5-2-6-15-33)49-48(52-50)42-18-9-10-21-45(42)54-49/h1-30H. The van der Waals surface area contributed by atoms with Gasteiger partial charge in [0.2, 0.25) is 0 Å². The Labute approximate surface area is 316 Å². The van der Waals surface area contributed by atoms with Crippen LogP contribution in [0.15, 0.2) is 182 Å². The maximum Gasteiger partial charge on any atom is 0.160 e. The molecule has 10 aromatic rings. The third-order valence-electron chi connectivity index (χ3n) is 10.5. The lowest BCUT2D eigenvalue weighted by molar-refractivity contribution is 0.487. The number of hydrogen-bond donors (Lipinski definition) is 0. The van der Waals surface area contributed by atoms with Gasteiger partial charge in [0.25, 0.3) is 0 Å². The maximum absolute atomic E-state index is 6.72. The molecule has 0 spiro atoms. The molecule has 252 valence electrons. The van der Waals surface area contributed by atoms with Crippen molar-refractivity contribution in [2.75, 3.05) is 0 Å². The molecule has 0 aliphatic carbocycles. The summed E-state index contributed by atoms with van der Waals surface area (Å²) in [4.78, 5) is 10.3. The summed E-state index contributed by atoms with van der Waals surface area (Å²) < 4.78 is 9.05. The Morgan fingerprint density at radius 1 is 0.389 bits per heavy atom. The van der Waals surface area contributed by atoms with Crippen LogP contribution in [0, 0.1) is 0 Å². The zero-order chi connectivity index (χ0) is 35.6. The summed E-state index contributed by atoms with van der Waals surface area (Å²) in [5.74, 6) is 2.47. The second kappa shape index (κ2) is 12.4. The first-order valence-corrected chi connectivity index (χ1v) is 19.0. The van der Waals surface area contributed by atoms with Crippen LogP contribution < -0.4 is 4.74 Å². The van der Waals surface area contributed by atoms with E-state index < -0.39 is 0 Å². The maximum atomic E-state index is 6.72. The van der Waals surface area contributed by atoms with Crippen molar-refractivity contribution >= 4 is 42.4 Å². The minimum Gasteiger partial charge on any atom is -0.456 e. The average molecular weight is 707 g/mol. The molecule has 2 aromatic heterocycles. The molecule has 0 bridgehead atoms. The average Bonchev–Trinajstić information content (AvgIpc) is 3.63. The molecule has 11 rings (SSSR count). The first kappa shape index (κ1) is 30.7. The predicted molar refractivity (Wildman–Crippen MR) is 225 cm³/mol. The van der Waals surface area contributed by atoms with Crippen molar-refractivity contribution in [1.82, 2.24) is 9.97 Å². The monoisotopic (exact) mass is 706 g/mol. The van der Waals surface area contributed by atoms with Gasteiger partial charge in [0, 0.05) is 32.2 Å². The third-order valence-corrected chi connectivity index (χ3v) is 11.7. The van der Waals surface area contributed by atoms with Gasteiger partial charge in [0.05, 0.1) is 15.9 Å². The molecule has 8 aromatic carbocycles. The van der Waals surface area contributed by atoms with Gasteiger partial charge in [-0.1, -0.05) is 158 Å². The summed E-state index contributed by atoms with van der Waals surface area (Å²) in [6.07, 6.45) is 0. The van der Waals surface area contributed by atoms with Crippen LogP contribution in [0.2, 0.25) is 0 Å². The molecular formula is C50H30N2OS. The van der Waals surface area contributed by atoms with Gasteiger partial charge < -0.3 is 4.74 Å². The highest BCUT2D eigenvalue weighted by molar-refractivity contribution is 7.26. The lowest BCUT2D eigenvalue weighted by Gasteiger charge is -2.23. The quantitative estimate of drug-likeness (QED) is 0.179. The number of rotatable bonds is 5. The topological polar surface area (TPSA) is 35.0 Å². The van der Waals surface area contributed by atoms with E-state index >= 15 is 0 Å². The molecule has 0 atom stereocenters. The van der Waals surface area contributed by atoms with E-state index in [9.17, 15) is 0 Å². The molecule has 0 N–H and O–H groups in total. The summed E-state index contributed by atoms with van der Waals surface area (Å²) >= 11 is 1.76. The Bertz CT molecular complexity index is 3060. The summed E-state index contributed by atoms with van der Waals surface area (Å²) in [5, 5.41) is 3.46. The van der Waals surface area contributed by atoms with Crippen molar-refractivity contribution in [1.29, 1.82) is 0 Å². The van der Waals surface area contributed by atoms with Crippen molar-refractivity contribution in [2.24, 2.45) is 0 Å². The van der Waals surface area contributed by atoms with Crippen LogP contribution in [0.3, 0.4) is 0 Å². The van der Waals surface area contributed by atoms with Crippen molar-refractivity contribution in [3.05, 3.63) is 182 Å². The molecule has 3 nitrogen and oxygen atoms in total. The molecule has 3 heterocycles. The Morgan fingerprint density at radius 3 is 1.81 bits per heavy atom. The van der Waals surface area contributed by atoms with Crippen molar-refractivity contribution in [2.45, 2.75) is 0 Å². The molecule has 0 radical (unpaired) electrons. The Balaban J connectivity index is 0.980. The lowest BCUT2D eigenvalue weighted by Crippen LogP contribution is -1.98. The molecule has 1 aliphatic heterocycles. The van der Waals surface area contributed by atoms with Crippen LogP contribution in [-0.2, 0) is 0 Å². The van der Waals surface area contributed by atoms with Crippen molar-refractivity contribution in [3.63, 3.8) is 0 Å². The van der Waals surface area contributed by atoms with Crippen molar-refractivity contribution in [3.8, 4) is 78.7 Å². The number of ether oxygens (including phenoxy) is 1. The fraction of sp³-hybridized carbons (Fsp3) is 0. The van der Waals surface area contributed by atoms with E-state index in [1.54, 1.807) is 11.3 Å². The van der Waals surface area contributed by atoms with E-state index in [0.717, 1.165) is 82.8 Å². The molecule has 4 heteroatoms. The highest BCUT2D eigenvalue weighted by atomic mass is 32.1. The van der Waals surface area contributed by atoms with E-state index in [-0.39, 0.29) is 0 Å². The number of aromatic nitrogens is 2. The van der Waals surface area contributed by atoms with E-state index in [2.05, 4.69) is 176 Å². The second-order valence-electron chi connectivity index (χ2n) is 13.7. The van der Waals surface area contributed by atoms with E-state index in [1.807, 2.05) is 6.07 Å². The molecular weight excluding hydrogens is 677 g/mol. The molecule has 0 saturated carbocycles. The first-order valence-electron chi connectivity index (χ1n) is 18.2. The van der Waals surface area contributed by atoms with Crippen LogP contribution in [-0.4, -0.2) is 9.97 Å². The van der Waals surface area contributed by atoms with Gasteiger partial charge in [-0.05, 0) is 68.6 Å². The summed E-state index contributed by atoms with van der Waals surface area (Å²) in [7, 11) is 0. The second-order valence-corrected chi connectivity index (χ2v) is 14.7. The number of benzene rings is 8. The molecule has 0 amide bonds. The Morgan fingerprint density at radius 2 is 1.00 bits per heavy atom. The van der Waals surface area contributed by atoms with Gasteiger partial charge in [-0.15, -0.1) is 11.3 Å². The molecule has 0 fully saturated rings. The van der Waals surface area contributed by atoms with Gasteiger partial charge in [-0.2, -0.15) is 0 Å². The highest BCUT2D eigenvalue weighted by Gasteiger charge is 2.23. The lowest BCUT2D eigenvalue weighted by atomic mass is 9.88. The Hall–Kier alpha value is -6.88. The number of hydrogen-bond acceptors (Lipinski definition) is 4. The van der Waals surface area contributed by atoms with Gasteiger partial charge in [0.15, 0.2) is 5.82 Å². The minimum atomic E-state index is 0.726. The van der Waals surface area contributed by atoms with E-state index in [1.165, 1.54) is 27.0 Å². The number of thiophene rings is 1. The molecule has 0 unspecified atom stereocenters. The fourth-order valence-corrected chi connectivity index (χ4v) is 9.12. The SMILES string of the molecule is c1ccc(-c2ccccc2-c2ccc3c(c2)Oc2ccc(-c4ccc(-c5nc(-c6ccccc6)c6sc7ccccc7c6n5)cc4)c4cccc-3c24)cc1. The van der Waals surface area contributed by atoms with E-state index in [0.29, 0.717) is 0 Å². The largest absolute Gasteiger partial charge is 0.456 e. The zero-order valence-corrected chi connectivity index (χ0v) is 29.8. The number of nitrogens with zero attached hydrogens (tertiary/aromatic N) is 2. The van der Waals surface area contributed by atoms with Crippen LogP contribution in [0.1, 0.15) is 0 Å². The Kier molecular flexibility index (Phi) is 7.04. The molecule has 1 aliphatic rings. The van der Waals surface area contributed by atoms with Crippen LogP contribution in [0.4, 0.5) is 0 Å². The first-order chi connectivity index (χ1) is 26.8. The molecule has 0 saturated heterocycles. The third kappa shape index (κ3) is 4.96. The van der Waals surface area contributed by atoms with Gasteiger partial charge in [0.1, 0.15) is 11.5 Å². The van der Waals surface area contributed by atoms with Crippen molar-refractivity contribution < 1.29 is 4.74 Å². The fourth-order valence-electron chi connectivity index (χ4n) is 7.97. The summed E-state index contributed by atoms with van der Waals surface area (Å²) in [6.45, 7) is 0. The van der Waals surface area contributed by atoms with Gasteiger partial charge in [-0.3, -0.25) is 0 Å². The molecule has 54 heavy (non-hydrogen) atoms. The summed E-state index contributed by atoms with van der Waals surface area (Å²) in [5.41, 5.74) is 13.3. The minimum absolute atomic E-state index is 0.726. The van der Waals surface area contributed by atoms with Gasteiger partial charge in [-0.25, -0.2) is 9.97 Å². The normalized spacial score (nSPS) is 11.9.